The van der Waals surface area contributed by atoms with E-state index in [0.29, 0.717) is 35.3 Å². The van der Waals surface area contributed by atoms with Crippen LogP contribution in [-0.4, -0.2) is 50.6 Å². The van der Waals surface area contributed by atoms with Crippen molar-refractivity contribution in [2.24, 2.45) is 0 Å². The van der Waals surface area contributed by atoms with Gasteiger partial charge in [0.2, 0.25) is 0 Å². The van der Waals surface area contributed by atoms with Gasteiger partial charge in [0.05, 0.1) is 23.3 Å². The number of aryl methyl sites for hydroxylation is 1. The minimum Gasteiger partial charge on any atom is -0.443 e. The molecular weight excluding hydrogens is 488 g/mol. The molecule has 37 heavy (non-hydrogen) atoms. The average Bonchev–Trinajstić information content (AvgIpc) is 2.87. The van der Waals surface area contributed by atoms with Crippen LogP contribution in [0.1, 0.15) is 26.3 Å². The first-order valence-corrected chi connectivity index (χ1v) is 13.2. The van der Waals surface area contributed by atoms with E-state index in [2.05, 4.69) is 15.0 Å². The number of aromatic nitrogens is 4. The molecule has 1 aliphatic heterocycles. The van der Waals surface area contributed by atoms with Gasteiger partial charge in [-0.05, 0) is 63.8 Å². The molecule has 0 saturated heterocycles. The van der Waals surface area contributed by atoms with Gasteiger partial charge in [0.25, 0.3) is 5.56 Å². The molecule has 0 aliphatic carbocycles. The number of pyridine rings is 2. The van der Waals surface area contributed by atoms with Gasteiger partial charge in [-0.1, -0.05) is 23.9 Å². The Bertz CT molecular complexity index is 1550. The number of carbonyl (C=O) groups is 1. The third-order valence-electron chi connectivity index (χ3n) is 6.02. The summed E-state index contributed by atoms with van der Waals surface area (Å²) in [5, 5.41) is 1.30. The van der Waals surface area contributed by atoms with Gasteiger partial charge in [-0.2, -0.15) is 0 Å². The monoisotopic (exact) mass is 516 g/mol. The molecular formula is C27H28N6O3S. The fourth-order valence-electron chi connectivity index (χ4n) is 4.48. The number of carbonyl (C=O) groups excluding carboxylic acids is 1. The van der Waals surface area contributed by atoms with Crippen molar-refractivity contribution in [1.29, 1.82) is 0 Å². The van der Waals surface area contributed by atoms with Crippen LogP contribution in [-0.2, 0) is 4.74 Å². The smallest absolute Gasteiger partial charge is 0.414 e. The number of hydrogen-bond acceptors (Lipinski definition) is 8. The van der Waals surface area contributed by atoms with Crippen molar-refractivity contribution in [3.63, 3.8) is 0 Å². The summed E-state index contributed by atoms with van der Waals surface area (Å²) < 4.78 is 7.27. The molecule has 1 amide bonds. The molecule has 0 saturated carbocycles. The van der Waals surface area contributed by atoms with Crippen LogP contribution in [0, 0.1) is 6.92 Å². The molecule has 0 unspecified atom stereocenters. The van der Waals surface area contributed by atoms with Crippen LogP contribution in [0.15, 0.2) is 64.9 Å². The minimum atomic E-state index is -0.623. The normalized spacial score (nSPS) is 13.5. The molecule has 1 aromatic carbocycles. The van der Waals surface area contributed by atoms with Gasteiger partial charge < -0.3 is 9.64 Å². The van der Waals surface area contributed by atoms with Crippen molar-refractivity contribution in [3.8, 4) is 5.69 Å². The zero-order chi connectivity index (χ0) is 26.3. The topological polar surface area (TPSA) is 93.5 Å². The van der Waals surface area contributed by atoms with Crippen molar-refractivity contribution >= 4 is 46.0 Å². The van der Waals surface area contributed by atoms with Crippen LogP contribution < -0.4 is 15.4 Å². The van der Waals surface area contributed by atoms with Crippen LogP contribution in [0.25, 0.3) is 16.7 Å². The molecule has 0 fully saturated rings. The Balaban J connectivity index is 1.70. The summed E-state index contributed by atoms with van der Waals surface area (Å²) in [6.07, 6.45) is 6.53. The van der Waals surface area contributed by atoms with E-state index in [9.17, 15) is 9.59 Å². The molecule has 5 rings (SSSR count). The van der Waals surface area contributed by atoms with E-state index < -0.39 is 11.7 Å². The second-order valence-electron chi connectivity index (χ2n) is 9.74. The first-order valence-electron chi connectivity index (χ1n) is 11.9. The number of nitrogens with zero attached hydrogens (tertiary/aromatic N) is 6. The summed E-state index contributed by atoms with van der Waals surface area (Å²) in [5.41, 5.74) is 3.13. The predicted octanol–water partition coefficient (Wildman–Crippen LogP) is 5.10. The summed E-state index contributed by atoms with van der Waals surface area (Å²) in [4.78, 5) is 44.1. The Hall–Kier alpha value is -3.92. The fourth-order valence-corrected chi connectivity index (χ4v) is 4.81. The van der Waals surface area contributed by atoms with Crippen molar-refractivity contribution in [1.82, 2.24) is 19.5 Å². The zero-order valence-electron chi connectivity index (χ0n) is 21.4. The summed E-state index contributed by atoms with van der Waals surface area (Å²) in [6, 6.07) is 11.2. The number of rotatable bonds is 3. The first kappa shape index (κ1) is 24.8. The van der Waals surface area contributed by atoms with E-state index in [1.54, 1.807) is 34.1 Å². The number of amides is 1. The Morgan fingerprint density at radius 3 is 2.59 bits per heavy atom. The molecule has 4 aromatic rings. The predicted molar refractivity (Wildman–Crippen MR) is 146 cm³/mol. The molecule has 0 radical (unpaired) electrons. The highest BCUT2D eigenvalue weighted by Gasteiger charge is 2.33. The second-order valence-corrected chi connectivity index (χ2v) is 10.5. The summed E-state index contributed by atoms with van der Waals surface area (Å²) >= 11 is 1.41. The number of benzene rings is 1. The molecule has 0 bridgehead atoms. The van der Waals surface area contributed by atoms with Crippen LogP contribution in [0.5, 0.6) is 0 Å². The van der Waals surface area contributed by atoms with Crippen molar-refractivity contribution in [2.75, 3.05) is 29.1 Å². The first-order chi connectivity index (χ1) is 17.7. The van der Waals surface area contributed by atoms with Gasteiger partial charge in [-0.15, -0.1) is 0 Å². The Kier molecular flexibility index (Phi) is 6.36. The maximum Gasteiger partial charge on any atom is 0.414 e. The zero-order valence-corrected chi connectivity index (χ0v) is 22.2. The lowest BCUT2D eigenvalue weighted by Crippen LogP contribution is -2.46. The molecule has 10 heteroatoms. The highest BCUT2D eigenvalue weighted by molar-refractivity contribution is 7.98. The number of anilines is 3. The number of thioether (sulfide) groups is 1. The lowest BCUT2D eigenvalue weighted by Gasteiger charge is -2.39. The van der Waals surface area contributed by atoms with Crippen LogP contribution in [0.2, 0.25) is 0 Å². The van der Waals surface area contributed by atoms with Crippen molar-refractivity contribution in [3.05, 3.63) is 70.9 Å². The molecule has 1 aliphatic rings. The SMILES string of the molecule is CSc1ncc2cc(N3CCN(C(=O)OC(C)(C)C)c4c(C)cccc43)c(=O)n(-c3cccnc3)c2n1. The Morgan fingerprint density at radius 1 is 1.08 bits per heavy atom. The van der Waals surface area contributed by atoms with Gasteiger partial charge in [0.15, 0.2) is 10.8 Å². The van der Waals surface area contributed by atoms with Crippen molar-refractivity contribution in [2.45, 2.75) is 38.5 Å². The lowest BCUT2D eigenvalue weighted by molar-refractivity contribution is 0.0580. The van der Waals surface area contributed by atoms with E-state index in [1.165, 1.54) is 11.8 Å². The van der Waals surface area contributed by atoms with Crippen LogP contribution in [0.4, 0.5) is 21.9 Å². The Morgan fingerprint density at radius 2 is 1.89 bits per heavy atom. The minimum absolute atomic E-state index is 0.232. The van der Waals surface area contributed by atoms with E-state index in [1.807, 2.05) is 69.2 Å². The molecule has 190 valence electrons. The second kappa shape index (κ2) is 9.51. The average molecular weight is 517 g/mol. The van der Waals surface area contributed by atoms with Gasteiger partial charge in [0.1, 0.15) is 11.3 Å². The standard InChI is InChI=1S/C27H28N6O3S/c1-17-8-6-10-20-22(17)32(26(35)36-27(2,3)4)13-12-31(20)21-14-18-15-29-25(37-5)30-23(18)33(24(21)34)19-9-7-11-28-16-19/h6-11,14-16H,12-13H2,1-5H3. The highest BCUT2D eigenvalue weighted by atomic mass is 32.2. The quantitative estimate of drug-likeness (QED) is 0.274. The summed E-state index contributed by atoms with van der Waals surface area (Å²) in [6.45, 7) is 8.26. The van der Waals surface area contributed by atoms with E-state index >= 15 is 0 Å². The fraction of sp³-hybridized carbons (Fsp3) is 0.296. The largest absolute Gasteiger partial charge is 0.443 e. The van der Waals surface area contributed by atoms with E-state index in [4.69, 9.17) is 4.74 Å². The molecule has 0 N–H and O–H groups in total. The maximum atomic E-state index is 14.1. The lowest BCUT2D eigenvalue weighted by atomic mass is 10.1. The third-order valence-corrected chi connectivity index (χ3v) is 6.58. The van der Waals surface area contributed by atoms with Gasteiger partial charge >= 0.3 is 6.09 Å². The Labute approximate surface area is 219 Å². The number of para-hydroxylation sites is 1. The molecule has 4 heterocycles. The van der Waals surface area contributed by atoms with Gasteiger partial charge in [0, 0.05) is 30.9 Å². The van der Waals surface area contributed by atoms with Gasteiger partial charge in [-0.3, -0.25) is 19.2 Å². The molecule has 3 aromatic heterocycles. The van der Waals surface area contributed by atoms with E-state index in [-0.39, 0.29) is 5.56 Å². The number of fused-ring (bicyclic) bond motifs is 2. The van der Waals surface area contributed by atoms with E-state index in [0.717, 1.165) is 22.3 Å². The molecule has 9 nitrogen and oxygen atoms in total. The highest BCUT2D eigenvalue weighted by Crippen LogP contribution is 2.40. The maximum absolute atomic E-state index is 14.1. The van der Waals surface area contributed by atoms with Crippen molar-refractivity contribution < 1.29 is 9.53 Å². The van der Waals surface area contributed by atoms with Crippen LogP contribution in [0.3, 0.4) is 0 Å². The molecule has 0 atom stereocenters. The number of hydrogen-bond donors (Lipinski definition) is 0. The third kappa shape index (κ3) is 4.64. The van der Waals surface area contributed by atoms with Gasteiger partial charge in [-0.25, -0.2) is 14.8 Å². The van der Waals surface area contributed by atoms with Crippen LogP contribution >= 0.6 is 11.8 Å². The molecule has 0 spiro atoms. The number of ether oxygens (including phenoxy) is 1. The summed E-state index contributed by atoms with van der Waals surface area (Å²) in [5.74, 6) is 0. The summed E-state index contributed by atoms with van der Waals surface area (Å²) in [7, 11) is 0.